The van der Waals surface area contributed by atoms with Gasteiger partial charge in [0.25, 0.3) is 0 Å². The first-order valence-corrected chi connectivity index (χ1v) is 4.98. The van der Waals surface area contributed by atoms with E-state index in [9.17, 15) is 4.79 Å². The van der Waals surface area contributed by atoms with Crippen LogP contribution in [0.3, 0.4) is 0 Å². The normalized spacial score (nSPS) is 12.2. The first kappa shape index (κ1) is 11.7. The number of aryl methyl sites for hydroxylation is 1. The molecule has 3 nitrogen and oxygen atoms in total. The van der Waals surface area contributed by atoms with Gasteiger partial charge in [0.1, 0.15) is 0 Å². The summed E-state index contributed by atoms with van der Waals surface area (Å²) in [6.07, 6.45) is 0. The summed E-state index contributed by atoms with van der Waals surface area (Å²) in [4.78, 5) is 11.5. The molecule has 0 saturated heterocycles. The highest BCUT2D eigenvalue weighted by atomic mass is 16.5. The molecule has 0 amide bonds. The molecule has 0 radical (unpaired) electrons. The number of hydrogen-bond donors (Lipinski definition) is 1. The fourth-order valence-electron chi connectivity index (χ4n) is 1.48. The van der Waals surface area contributed by atoms with Crippen LogP contribution in [0.1, 0.15) is 17.0 Å². The van der Waals surface area contributed by atoms with Crippen LogP contribution in [0.15, 0.2) is 24.3 Å². The van der Waals surface area contributed by atoms with Gasteiger partial charge in [-0.2, -0.15) is 0 Å². The zero-order valence-electron chi connectivity index (χ0n) is 9.41. The Morgan fingerprint density at radius 2 is 2.00 bits per heavy atom. The molecular formula is C12H17NO2. The summed E-state index contributed by atoms with van der Waals surface area (Å²) in [5, 5.41) is 3.00. The van der Waals surface area contributed by atoms with Crippen LogP contribution in [0.25, 0.3) is 0 Å². The quantitative estimate of drug-likeness (QED) is 0.760. The zero-order valence-corrected chi connectivity index (χ0v) is 9.41. The van der Waals surface area contributed by atoms with E-state index in [4.69, 9.17) is 4.74 Å². The van der Waals surface area contributed by atoms with E-state index in [-0.39, 0.29) is 11.9 Å². The van der Waals surface area contributed by atoms with Gasteiger partial charge in [0, 0.05) is 6.54 Å². The lowest BCUT2D eigenvalue weighted by molar-refractivity contribution is -0.142. The first-order valence-electron chi connectivity index (χ1n) is 4.98. The fourth-order valence-corrected chi connectivity index (χ4v) is 1.48. The average Bonchev–Trinajstić information content (AvgIpc) is 2.26. The molecule has 0 aliphatic rings. The summed E-state index contributed by atoms with van der Waals surface area (Å²) >= 11 is 0. The molecule has 1 rings (SSSR count). The lowest BCUT2D eigenvalue weighted by atomic mass is 9.98. The summed E-state index contributed by atoms with van der Waals surface area (Å²) in [7, 11) is 3.24. The highest BCUT2D eigenvalue weighted by molar-refractivity contribution is 5.78. The third kappa shape index (κ3) is 3.06. The Bertz CT molecular complexity index is 319. The van der Waals surface area contributed by atoms with Gasteiger partial charge in [-0.15, -0.1) is 0 Å². The van der Waals surface area contributed by atoms with Crippen molar-refractivity contribution in [1.29, 1.82) is 0 Å². The van der Waals surface area contributed by atoms with E-state index < -0.39 is 0 Å². The minimum absolute atomic E-state index is 0.201. The summed E-state index contributed by atoms with van der Waals surface area (Å²) in [5.74, 6) is -0.422. The topological polar surface area (TPSA) is 38.3 Å². The van der Waals surface area contributed by atoms with Crippen LogP contribution in [0.2, 0.25) is 0 Å². The highest BCUT2D eigenvalue weighted by Gasteiger charge is 2.19. The molecule has 1 aromatic carbocycles. The van der Waals surface area contributed by atoms with Gasteiger partial charge in [-0.25, -0.2) is 0 Å². The van der Waals surface area contributed by atoms with Gasteiger partial charge in [0.15, 0.2) is 0 Å². The maximum atomic E-state index is 11.5. The predicted octanol–water partition coefficient (Wildman–Crippen LogP) is 1.47. The van der Waals surface area contributed by atoms with Crippen LogP contribution in [0.5, 0.6) is 0 Å². The van der Waals surface area contributed by atoms with Crippen molar-refractivity contribution in [1.82, 2.24) is 5.32 Å². The van der Waals surface area contributed by atoms with E-state index in [1.807, 2.05) is 38.2 Å². The number of rotatable bonds is 4. The van der Waals surface area contributed by atoms with Crippen LogP contribution in [-0.2, 0) is 9.53 Å². The van der Waals surface area contributed by atoms with Crippen molar-refractivity contribution in [3.63, 3.8) is 0 Å². The van der Waals surface area contributed by atoms with Crippen molar-refractivity contribution in [2.45, 2.75) is 12.8 Å². The Kier molecular flexibility index (Phi) is 4.31. The largest absolute Gasteiger partial charge is 0.469 e. The minimum atomic E-state index is -0.222. The van der Waals surface area contributed by atoms with Crippen molar-refractivity contribution in [3.05, 3.63) is 35.4 Å². The van der Waals surface area contributed by atoms with Crippen molar-refractivity contribution in [2.24, 2.45) is 0 Å². The molecule has 3 heteroatoms. The number of hydrogen-bond acceptors (Lipinski definition) is 3. The smallest absolute Gasteiger partial charge is 0.314 e. The van der Waals surface area contributed by atoms with Crippen LogP contribution in [0.4, 0.5) is 0 Å². The Morgan fingerprint density at radius 3 is 2.47 bits per heavy atom. The maximum absolute atomic E-state index is 11.5. The molecule has 82 valence electrons. The highest BCUT2D eigenvalue weighted by Crippen LogP contribution is 2.17. The summed E-state index contributed by atoms with van der Waals surface area (Å²) < 4.78 is 4.77. The fraction of sp³-hybridized carbons (Fsp3) is 0.417. The maximum Gasteiger partial charge on any atom is 0.314 e. The van der Waals surface area contributed by atoms with Gasteiger partial charge in [-0.05, 0) is 19.5 Å². The lowest BCUT2D eigenvalue weighted by Crippen LogP contribution is -2.25. The van der Waals surface area contributed by atoms with Crippen LogP contribution in [-0.4, -0.2) is 26.7 Å². The summed E-state index contributed by atoms with van der Waals surface area (Å²) in [6.45, 7) is 2.62. The Balaban J connectivity index is 2.88. The van der Waals surface area contributed by atoms with Crippen molar-refractivity contribution in [3.8, 4) is 0 Å². The number of likely N-dealkylation sites (N-methyl/N-ethyl adjacent to an activating group) is 1. The van der Waals surface area contributed by atoms with E-state index in [1.54, 1.807) is 0 Å². The number of carbonyl (C=O) groups excluding carboxylic acids is 1. The van der Waals surface area contributed by atoms with Gasteiger partial charge < -0.3 is 10.1 Å². The lowest BCUT2D eigenvalue weighted by Gasteiger charge is -2.14. The second kappa shape index (κ2) is 5.51. The predicted molar refractivity (Wildman–Crippen MR) is 59.9 cm³/mol. The third-order valence-electron chi connectivity index (χ3n) is 2.37. The molecule has 15 heavy (non-hydrogen) atoms. The van der Waals surface area contributed by atoms with Gasteiger partial charge in [-0.3, -0.25) is 4.79 Å². The second-order valence-electron chi connectivity index (χ2n) is 3.54. The minimum Gasteiger partial charge on any atom is -0.469 e. The Hall–Kier alpha value is -1.35. The van der Waals surface area contributed by atoms with Gasteiger partial charge in [0.05, 0.1) is 13.0 Å². The number of nitrogens with one attached hydrogen (secondary N) is 1. The van der Waals surface area contributed by atoms with Crippen LogP contribution in [0, 0.1) is 6.92 Å². The van der Waals surface area contributed by atoms with E-state index >= 15 is 0 Å². The zero-order chi connectivity index (χ0) is 11.3. The molecule has 0 aliphatic carbocycles. The Morgan fingerprint density at radius 1 is 1.40 bits per heavy atom. The SMILES string of the molecule is CNCC(C(=O)OC)c1ccc(C)cc1. The molecule has 1 aromatic rings. The van der Waals surface area contributed by atoms with Crippen molar-refractivity contribution >= 4 is 5.97 Å². The number of esters is 1. The molecule has 1 unspecified atom stereocenters. The average molecular weight is 207 g/mol. The Labute approximate surface area is 90.4 Å². The molecule has 0 saturated carbocycles. The number of methoxy groups -OCH3 is 1. The molecule has 0 spiro atoms. The second-order valence-corrected chi connectivity index (χ2v) is 3.54. The monoisotopic (exact) mass is 207 g/mol. The number of carbonyl (C=O) groups is 1. The number of benzene rings is 1. The molecule has 1 atom stereocenters. The van der Waals surface area contributed by atoms with E-state index in [2.05, 4.69) is 5.32 Å². The van der Waals surface area contributed by atoms with E-state index in [1.165, 1.54) is 12.7 Å². The van der Waals surface area contributed by atoms with Gasteiger partial charge in [0.2, 0.25) is 0 Å². The van der Waals surface area contributed by atoms with E-state index in [0.29, 0.717) is 6.54 Å². The van der Waals surface area contributed by atoms with E-state index in [0.717, 1.165) is 5.56 Å². The molecule has 0 aromatic heterocycles. The molecule has 1 N–H and O–H groups in total. The van der Waals surface area contributed by atoms with Crippen molar-refractivity contribution < 1.29 is 9.53 Å². The standard InChI is InChI=1S/C12H17NO2/c1-9-4-6-10(7-5-9)11(8-13-2)12(14)15-3/h4-7,11,13H,8H2,1-3H3. The van der Waals surface area contributed by atoms with Gasteiger partial charge >= 0.3 is 5.97 Å². The summed E-state index contributed by atoms with van der Waals surface area (Å²) in [5.41, 5.74) is 2.17. The third-order valence-corrected chi connectivity index (χ3v) is 2.37. The van der Waals surface area contributed by atoms with Crippen LogP contribution < -0.4 is 5.32 Å². The first-order chi connectivity index (χ1) is 7.19. The summed E-state index contributed by atoms with van der Waals surface area (Å²) in [6, 6.07) is 7.93. The molecular weight excluding hydrogens is 190 g/mol. The molecule has 0 heterocycles. The van der Waals surface area contributed by atoms with Crippen LogP contribution >= 0.6 is 0 Å². The molecule has 0 aliphatic heterocycles. The molecule has 0 fully saturated rings. The number of ether oxygens (including phenoxy) is 1. The van der Waals surface area contributed by atoms with Gasteiger partial charge in [-0.1, -0.05) is 29.8 Å². The van der Waals surface area contributed by atoms with Crippen molar-refractivity contribution in [2.75, 3.05) is 20.7 Å². The molecule has 0 bridgehead atoms.